The fourth-order valence-corrected chi connectivity index (χ4v) is 1.55. The van der Waals surface area contributed by atoms with Crippen LogP contribution in [0.5, 0.6) is 5.75 Å². The van der Waals surface area contributed by atoms with Gasteiger partial charge in [-0.2, -0.15) is 5.10 Å². The SMILES string of the molecule is NC(=S)c1ccc(OCC(=O)NCc2ncn[nH]2)cc1. The van der Waals surface area contributed by atoms with Gasteiger partial charge in [-0.05, 0) is 24.3 Å². The molecule has 0 aliphatic carbocycles. The Labute approximate surface area is 120 Å². The molecule has 0 bridgehead atoms. The van der Waals surface area contributed by atoms with E-state index in [1.807, 2.05) is 0 Å². The number of hydrogen-bond acceptors (Lipinski definition) is 5. The van der Waals surface area contributed by atoms with Crippen molar-refractivity contribution < 1.29 is 9.53 Å². The fraction of sp³-hybridized carbons (Fsp3) is 0.167. The molecule has 0 fully saturated rings. The molecule has 1 amide bonds. The molecular formula is C12H13N5O2S. The smallest absolute Gasteiger partial charge is 0.258 e. The molecule has 0 radical (unpaired) electrons. The number of aromatic nitrogens is 3. The maximum absolute atomic E-state index is 11.5. The monoisotopic (exact) mass is 291 g/mol. The van der Waals surface area contributed by atoms with Crippen LogP contribution < -0.4 is 15.8 Å². The predicted octanol–water partition coefficient (Wildman–Crippen LogP) is 0.134. The van der Waals surface area contributed by atoms with Gasteiger partial charge < -0.3 is 15.8 Å². The number of rotatable bonds is 6. The van der Waals surface area contributed by atoms with Gasteiger partial charge in [0.05, 0.1) is 6.54 Å². The lowest BCUT2D eigenvalue weighted by atomic mass is 10.2. The summed E-state index contributed by atoms with van der Waals surface area (Å²) in [5, 5.41) is 8.97. The van der Waals surface area contributed by atoms with E-state index >= 15 is 0 Å². The summed E-state index contributed by atoms with van der Waals surface area (Å²) < 4.78 is 5.33. The average Bonchev–Trinajstić information content (AvgIpc) is 2.96. The molecule has 0 aliphatic heterocycles. The summed E-state index contributed by atoms with van der Waals surface area (Å²) in [4.78, 5) is 15.8. The minimum atomic E-state index is -0.250. The third-order valence-electron chi connectivity index (χ3n) is 2.43. The van der Waals surface area contributed by atoms with Crippen LogP contribution >= 0.6 is 12.2 Å². The Morgan fingerprint density at radius 3 is 2.75 bits per heavy atom. The van der Waals surface area contributed by atoms with Crippen molar-refractivity contribution in [3.63, 3.8) is 0 Å². The third-order valence-corrected chi connectivity index (χ3v) is 2.66. The molecule has 4 N–H and O–H groups in total. The lowest BCUT2D eigenvalue weighted by Crippen LogP contribution is -2.28. The molecular weight excluding hydrogens is 278 g/mol. The van der Waals surface area contributed by atoms with E-state index in [9.17, 15) is 4.79 Å². The van der Waals surface area contributed by atoms with E-state index in [0.29, 0.717) is 16.6 Å². The fourth-order valence-electron chi connectivity index (χ4n) is 1.41. The number of nitrogens with zero attached hydrogens (tertiary/aromatic N) is 2. The minimum Gasteiger partial charge on any atom is -0.484 e. The van der Waals surface area contributed by atoms with Gasteiger partial charge in [0.2, 0.25) is 0 Å². The van der Waals surface area contributed by atoms with E-state index in [1.54, 1.807) is 24.3 Å². The Morgan fingerprint density at radius 1 is 1.40 bits per heavy atom. The number of nitrogens with two attached hydrogens (primary N) is 1. The number of benzene rings is 1. The second kappa shape index (κ2) is 6.62. The van der Waals surface area contributed by atoms with Gasteiger partial charge in [-0.15, -0.1) is 0 Å². The highest BCUT2D eigenvalue weighted by Gasteiger charge is 2.04. The maximum Gasteiger partial charge on any atom is 0.258 e. The quantitative estimate of drug-likeness (QED) is 0.653. The lowest BCUT2D eigenvalue weighted by molar-refractivity contribution is -0.123. The Hall–Kier alpha value is -2.48. The number of carbonyl (C=O) groups is 1. The number of carbonyl (C=O) groups excluding carboxylic acids is 1. The molecule has 2 aromatic rings. The van der Waals surface area contributed by atoms with Crippen LogP contribution in [-0.2, 0) is 11.3 Å². The van der Waals surface area contributed by atoms with E-state index in [4.69, 9.17) is 22.7 Å². The standard InChI is InChI=1S/C12H13N5O2S/c13-12(20)8-1-3-9(4-2-8)19-6-11(18)14-5-10-15-7-16-17-10/h1-4,7H,5-6H2,(H2,13,20)(H,14,18)(H,15,16,17). The molecule has 7 nitrogen and oxygen atoms in total. The molecule has 8 heteroatoms. The summed E-state index contributed by atoms with van der Waals surface area (Å²) in [6, 6.07) is 6.89. The highest BCUT2D eigenvalue weighted by atomic mass is 32.1. The average molecular weight is 291 g/mol. The second-order valence-corrected chi connectivity index (χ2v) is 4.33. The van der Waals surface area contributed by atoms with Crippen LogP contribution in [0.1, 0.15) is 11.4 Å². The van der Waals surface area contributed by atoms with E-state index in [2.05, 4.69) is 20.5 Å². The minimum absolute atomic E-state index is 0.0828. The summed E-state index contributed by atoms with van der Waals surface area (Å²) in [7, 11) is 0. The van der Waals surface area contributed by atoms with Gasteiger partial charge in [0.1, 0.15) is 22.9 Å². The van der Waals surface area contributed by atoms with Gasteiger partial charge in [-0.1, -0.05) is 12.2 Å². The first-order valence-corrected chi connectivity index (χ1v) is 6.19. The zero-order chi connectivity index (χ0) is 14.4. The van der Waals surface area contributed by atoms with Crippen LogP contribution in [0.15, 0.2) is 30.6 Å². The van der Waals surface area contributed by atoms with Crippen LogP contribution in [0.3, 0.4) is 0 Å². The van der Waals surface area contributed by atoms with Crippen molar-refractivity contribution >= 4 is 23.1 Å². The summed E-state index contributed by atoms with van der Waals surface area (Å²) in [5.74, 6) is 0.902. The van der Waals surface area contributed by atoms with E-state index < -0.39 is 0 Å². The van der Waals surface area contributed by atoms with Crippen molar-refractivity contribution in [2.45, 2.75) is 6.54 Å². The first kappa shape index (κ1) is 13.9. The molecule has 0 unspecified atom stereocenters. The van der Waals surface area contributed by atoms with Crippen molar-refractivity contribution in [3.05, 3.63) is 42.0 Å². The Bertz CT molecular complexity index is 582. The molecule has 104 valence electrons. The van der Waals surface area contributed by atoms with Crippen LogP contribution in [0.4, 0.5) is 0 Å². The number of H-pyrrole nitrogens is 1. The molecule has 0 aliphatic rings. The van der Waals surface area contributed by atoms with Crippen LogP contribution in [0, 0.1) is 0 Å². The van der Waals surface area contributed by atoms with Crippen molar-refractivity contribution in [1.82, 2.24) is 20.5 Å². The highest BCUT2D eigenvalue weighted by molar-refractivity contribution is 7.80. The third kappa shape index (κ3) is 4.02. The van der Waals surface area contributed by atoms with E-state index in [1.165, 1.54) is 6.33 Å². The largest absolute Gasteiger partial charge is 0.484 e. The van der Waals surface area contributed by atoms with Crippen molar-refractivity contribution in [3.8, 4) is 5.75 Å². The van der Waals surface area contributed by atoms with Gasteiger partial charge in [0.15, 0.2) is 6.61 Å². The second-order valence-electron chi connectivity index (χ2n) is 3.89. The number of aromatic amines is 1. The summed E-state index contributed by atoms with van der Waals surface area (Å²) >= 11 is 4.84. The molecule has 1 aromatic heterocycles. The zero-order valence-corrected chi connectivity index (χ0v) is 11.3. The van der Waals surface area contributed by atoms with Gasteiger partial charge in [0, 0.05) is 5.56 Å². The molecule has 1 aromatic carbocycles. The number of nitrogens with one attached hydrogen (secondary N) is 2. The Morgan fingerprint density at radius 2 is 2.15 bits per heavy atom. The molecule has 1 heterocycles. The van der Waals surface area contributed by atoms with Crippen molar-refractivity contribution in [2.24, 2.45) is 5.73 Å². The molecule has 0 spiro atoms. The van der Waals surface area contributed by atoms with E-state index in [0.717, 1.165) is 5.56 Å². The Kier molecular flexibility index (Phi) is 4.61. The Balaban J connectivity index is 1.76. The molecule has 2 rings (SSSR count). The highest BCUT2D eigenvalue weighted by Crippen LogP contribution is 2.11. The van der Waals surface area contributed by atoms with Gasteiger partial charge in [0.25, 0.3) is 5.91 Å². The number of thiocarbonyl (C=S) groups is 1. The van der Waals surface area contributed by atoms with Gasteiger partial charge in [-0.3, -0.25) is 9.89 Å². The number of ether oxygens (including phenoxy) is 1. The van der Waals surface area contributed by atoms with Crippen LogP contribution in [-0.4, -0.2) is 32.7 Å². The molecule has 0 saturated carbocycles. The number of hydrogen-bond donors (Lipinski definition) is 3. The first-order valence-electron chi connectivity index (χ1n) is 5.79. The van der Waals surface area contributed by atoms with Gasteiger partial charge >= 0.3 is 0 Å². The lowest BCUT2D eigenvalue weighted by Gasteiger charge is -2.07. The summed E-state index contributed by atoms with van der Waals surface area (Å²) in [5.41, 5.74) is 6.24. The van der Waals surface area contributed by atoms with Crippen LogP contribution in [0.25, 0.3) is 0 Å². The molecule has 0 saturated heterocycles. The van der Waals surface area contributed by atoms with Crippen molar-refractivity contribution in [2.75, 3.05) is 6.61 Å². The van der Waals surface area contributed by atoms with Crippen LogP contribution in [0.2, 0.25) is 0 Å². The first-order chi connectivity index (χ1) is 9.65. The predicted molar refractivity (Wildman–Crippen MR) is 76.1 cm³/mol. The van der Waals surface area contributed by atoms with E-state index in [-0.39, 0.29) is 19.1 Å². The van der Waals surface area contributed by atoms with Gasteiger partial charge in [-0.25, -0.2) is 4.98 Å². The van der Waals surface area contributed by atoms with Crippen molar-refractivity contribution in [1.29, 1.82) is 0 Å². The summed E-state index contributed by atoms with van der Waals surface area (Å²) in [6.07, 6.45) is 1.38. The topological polar surface area (TPSA) is 106 Å². The molecule has 0 atom stereocenters. The maximum atomic E-state index is 11.5. The molecule has 20 heavy (non-hydrogen) atoms. The zero-order valence-electron chi connectivity index (χ0n) is 10.5. The normalized spacial score (nSPS) is 10.0. The number of amides is 1. The summed E-state index contributed by atoms with van der Waals surface area (Å²) in [6.45, 7) is 0.198.